The summed E-state index contributed by atoms with van der Waals surface area (Å²) in [6.07, 6.45) is 0. The minimum Gasteiger partial charge on any atom is -0.310 e. The number of rotatable bonds is 5. The zero-order chi connectivity index (χ0) is 44.0. The third-order valence-electron chi connectivity index (χ3n) is 15.6. The molecule has 0 atom stereocenters. The smallest absolute Gasteiger partial charge is 0.0622 e. The summed E-state index contributed by atoms with van der Waals surface area (Å²) in [5, 5.41) is 2.46. The minimum absolute atomic E-state index is 0.150. The van der Waals surface area contributed by atoms with Crippen LogP contribution in [0.4, 0.5) is 17.1 Å². The molecule has 0 spiro atoms. The zero-order valence-corrected chi connectivity index (χ0v) is 37.9. The van der Waals surface area contributed by atoms with Crippen molar-refractivity contribution in [3.63, 3.8) is 0 Å². The van der Waals surface area contributed by atoms with E-state index in [9.17, 15) is 0 Å². The summed E-state index contributed by atoms with van der Waals surface area (Å²) < 4.78 is 2.59. The van der Waals surface area contributed by atoms with Gasteiger partial charge in [-0.1, -0.05) is 193 Å². The Morgan fingerprint density at radius 3 is 1.46 bits per heavy atom. The van der Waals surface area contributed by atoms with E-state index in [0.717, 1.165) is 17.1 Å². The van der Waals surface area contributed by atoms with Crippen molar-refractivity contribution in [3.05, 3.63) is 228 Å². The number of benzene rings is 9. The van der Waals surface area contributed by atoms with Crippen molar-refractivity contribution in [2.45, 2.75) is 57.8 Å². The van der Waals surface area contributed by atoms with E-state index in [1.807, 2.05) is 0 Å². The van der Waals surface area contributed by atoms with Crippen LogP contribution in [-0.4, -0.2) is 4.57 Å². The molecule has 13 rings (SSSR count). The van der Waals surface area contributed by atoms with Crippen molar-refractivity contribution in [2.75, 3.05) is 4.90 Å². The van der Waals surface area contributed by atoms with Gasteiger partial charge in [0.1, 0.15) is 0 Å². The molecule has 312 valence electrons. The highest BCUT2D eigenvalue weighted by Gasteiger charge is 2.40. The van der Waals surface area contributed by atoms with Gasteiger partial charge in [-0.25, -0.2) is 0 Å². The molecule has 0 bridgehead atoms. The number of anilines is 3. The Labute approximate surface area is 382 Å². The van der Waals surface area contributed by atoms with Gasteiger partial charge in [0.2, 0.25) is 0 Å². The lowest BCUT2D eigenvalue weighted by Gasteiger charge is -2.30. The molecule has 9 aromatic carbocycles. The maximum atomic E-state index is 2.59. The zero-order valence-electron chi connectivity index (χ0n) is 37.9. The molecule has 0 saturated carbocycles. The Hall–Kier alpha value is -7.42. The van der Waals surface area contributed by atoms with E-state index in [4.69, 9.17) is 0 Å². The molecule has 1 aromatic heterocycles. The fourth-order valence-electron chi connectivity index (χ4n) is 12.4. The van der Waals surface area contributed by atoms with E-state index < -0.39 is 0 Å². The first-order chi connectivity index (χ1) is 31.5. The van der Waals surface area contributed by atoms with E-state index in [0.29, 0.717) is 0 Å². The summed E-state index contributed by atoms with van der Waals surface area (Å²) in [6, 6.07) is 73.3. The molecule has 0 N–H and O–H groups in total. The Morgan fingerprint density at radius 2 is 0.831 bits per heavy atom. The van der Waals surface area contributed by atoms with Gasteiger partial charge in [-0.3, -0.25) is 0 Å². The molecule has 0 saturated heterocycles. The molecule has 2 heteroatoms. The van der Waals surface area contributed by atoms with Crippen LogP contribution in [0.3, 0.4) is 0 Å². The van der Waals surface area contributed by atoms with Gasteiger partial charge in [-0.15, -0.1) is 0 Å². The standard InChI is InChI=1S/C63H50N2/c1-61(2)51-27-16-12-23-47(51)58-52(61)36-35-42(39-19-8-7-9-20-39)60(58)65-55-28-17-13-24-48(55)59-56(29-18-30-57(59)65)64(40-31-33-45-43-21-10-14-25-49(43)62(3,4)53(45)37-40)41-32-34-46-44-22-11-15-26-50(44)63(5,6)54(46)38-41/h7-38H,1-6H3. The monoisotopic (exact) mass is 834 g/mol. The molecule has 0 amide bonds. The van der Waals surface area contributed by atoms with Crippen LogP contribution in [0.15, 0.2) is 194 Å². The second kappa shape index (κ2) is 13.3. The largest absolute Gasteiger partial charge is 0.310 e. The molecule has 0 fully saturated rings. The van der Waals surface area contributed by atoms with Gasteiger partial charge < -0.3 is 9.47 Å². The van der Waals surface area contributed by atoms with Crippen LogP contribution in [0.5, 0.6) is 0 Å². The molecule has 2 nitrogen and oxygen atoms in total. The normalized spacial score (nSPS) is 15.3. The van der Waals surface area contributed by atoms with Gasteiger partial charge >= 0.3 is 0 Å². The van der Waals surface area contributed by atoms with Gasteiger partial charge in [0, 0.05) is 49.5 Å². The first kappa shape index (κ1) is 38.1. The fourth-order valence-corrected chi connectivity index (χ4v) is 12.4. The number of nitrogens with zero attached hydrogens (tertiary/aromatic N) is 2. The van der Waals surface area contributed by atoms with Crippen LogP contribution >= 0.6 is 0 Å². The Morgan fingerprint density at radius 1 is 0.354 bits per heavy atom. The molecule has 0 radical (unpaired) electrons. The third-order valence-corrected chi connectivity index (χ3v) is 15.6. The number of aromatic nitrogens is 1. The lowest BCUT2D eigenvalue weighted by Crippen LogP contribution is -2.18. The Bertz CT molecular complexity index is 3530. The lowest BCUT2D eigenvalue weighted by molar-refractivity contribution is 0.660. The summed E-state index contributed by atoms with van der Waals surface area (Å²) >= 11 is 0. The van der Waals surface area contributed by atoms with E-state index in [1.165, 1.54) is 105 Å². The van der Waals surface area contributed by atoms with Crippen molar-refractivity contribution in [2.24, 2.45) is 0 Å². The highest BCUT2D eigenvalue weighted by molar-refractivity contribution is 6.17. The first-order valence-corrected chi connectivity index (χ1v) is 23.2. The highest BCUT2D eigenvalue weighted by Crippen LogP contribution is 2.57. The molecular formula is C63H50N2. The Balaban J connectivity index is 1.12. The van der Waals surface area contributed by atoms with E-state index in [1.54, 1.807) is 0 Å². The van der Waals surface area contributed by atoms with Crippen LogP contribution in [0.2, 0.25) is 0 Å². The van der Waals surface area contributed by atoms with Crippen molar-refractivity contribution < 1.29 is 0 Å². The maximum absolute atomic E-state index is 2.59. The van der Waals surface area contributed by atoms with Crippen molar-refractivity contribution in [3.8, 4) is 50.2 Å². The molecule has 0 aliphatic heterocycles. The highest BCUT2D eigenvalue weighted by atomic mass is 15.1. The average molecular weight is 835 g/mol. The van der Waals surface area contributed by atoms with E-state index in [-0.39, 0.29) is 16.2 Å². The third kappa shape index (κ3) is 5.11. The number of para-hydroxylation sites is 1. The summed E-state index contributed by atoms with van der Waals surface area (Å²) in [7, 11) is 0. The van der Waals surface area contributed by atoms with E-state index in [2.05, 4.69) is 245 Å². The SMILES string of the molecule is CC1(C)c2ccccc2-c2ccc(N(c3ccc4c(c3)C(C)(C)c3ccccc3-4)c3cccc4c3c3ccccc3n4-c3c(-c4ccccc4)ccc4c3-c3ccccc3C4(C)C)cc21. The van der Waals surface area contributed by atoms with Crippen molar-refractivity contribution in [1.82, 2.24) is 4.57 Å². The molecule has 3 aliphatic carbocycles. The first-order valence-electron chi connectivity index (χ1n) is 23.2. The predicted octanol–water partition coefficient (Wildman–Crippen LogP) is 16.8. The summed E-state index contributed by atoms with van der Waals surface area (Å²) in [6.45, 7) is 14.3. The number of fused-ring (bicyclic) bond motifs is 12. The second-order valence-electron chi connectivity index (χ2n) is 20.1. The number of hydrogen-bond donors (Lipinski definition) is 0. The summed E-state index contributed by atoms with van der Waals surface area (Å²) in [4.78, 5) is 2.56. The molecule has 1 heterocycles. The van der Waals surface area contributed by atoms with Crippen LogP contribution in [0.25, 0.3) is 72.0 Å². The quantitative estimate of drug-likeness (QED) is 0.168. The average Bonchev–Trinajstić information content (AvgIpc) is 3.96. The topological polar surface area (TPSA) is 8.17 Å². The summed E-state index contributed by atoms with van der Waals surface area (Å²) in [5.74, 6) is 0. The molecule has 3 aliphatic rings. The molecule has 65 heavy (non-hydrogen) atoms. The van der Waals surface area contributed by atoms with Crippen LogP contribution < -0.4 is 4.90 Å². The molecule has 0 unspecified atom stereocenters. The lowest BCUT2D eigenvalue weighted by atomic mass is 9.82. The minimum atomic E-state index is -0.154. The van der Waals surface area contributed by atoms with Gasteiger partial charge in [0.25, 0.3) is 0 Å². The van der Waals surface area contributed by atoms with Gasteiger partial charge in [-0.05, 0) is 109 Å². The molecule has 10 aromatic rings. The van der Waals surface area contributed by atoms with Crippen LogP contribution in [0.1, 0.15) is 74.9 Å². The van der Waals surface area contributed by atoms with Crippen LogP contribution in [-0.2, 0) is 16.2 Å². The predicted molar refractivity (Wildman–Crippen MR) is 274 cm³/mol. The van der Waals surface area contributed by atoms with E-state index >= 15 is 0 Å². The molecular weight excluding hydrogens is 785 g/mol. The number of hydrogen-bond acceptors (Lipinski definition) is 1. The fraction of sp³-hybridized carbons (Fsp3) is 0.143. The van der Waals surface area contributed by atoms with Crippen molar-refractivity contribution >= 4 is 38.9 Å². The second-order valence-corrected chi connectivity index (χ2v) is 20.1. The van der Waals surface area contributed by atoms with Crippen molar-refractivity contribution in [1.29, 1.82) is 0 Å². The van der Waals surface area contributed by atoms with Gasteiger partial charge in [0.05, 0.1) is 22.4 Å². The van der Waals surface area contributed by atoms with Gasteiger partial charge in [0.15, 0.2) is 0 Å². The maximum Gasteiger partial charge on any atom is 0.0622 e. The Kier molecular flexibility index (Phi) is 7.80. The van der Waals surface area contributed by atoms with Gasteiger partial charge in [-0.2, -0.15) is 0 Å². The van der Waals surface area contributed by atoms with Crippen LogP contribution in [0, 0.1) is 0 Å². The summed E-state index contributed by atoms with van der Waals surface area (Å²) in [5.41, 5.74) is 25.2.